The van der Waals surface area contributed by atoms with E-state index < -0.39 is 0 Å². The Morgan fingerprint density at radius 2 is 1.58 bits per heavy atom. The van der Waals surface area contributed by atoms with E-state index in [1.807, 2.05) is 64.6 Å². The van der Waals surface area contributed by atoms with E-state index in [-0.39, 0.29) is 47.9 Å². The molecule has 5 rings (SSSR count). The Kier molecular flexibility index (Phi) is 14.3. The fourth-order valence-electron chi connectivity index (χ4n) is 6.38. The summed E-state index contributed by atoms with van der Waals surface area (Å²) in [6.45, 7) is 23.3. The summed E-state index contributed by atoms with van der Waals surface area (Å²) < 4.78 is 7.79. The molecule has 1 N–H and O–H groups in total. The molecule has 0 amide bonds. The second-order valence-corrected chi connectivity index (χ2v) is 16.0. The number of pyridine rings is 2. The first kappa shape index (κ1) is 42.7. The number of allylic oxidation sites excluding steroid dienone is 2. The molecule has 52 heavy (non-hydrogen) atoms. The molecule has 3 aromatic heterocycles. The summed E-state index contributed by atoms with van der Waals surface area (Å²) in [6, 6.07) is 20.7. The molecule has 0 unspecified atom stereocenters. The van der Waals surface area contributed by atoms with Crippen LogP contribution < -0.4 is 4.57 Å². The van der Waals surface area contributed by atoms with Crippen molar-refractivity contribution in [2.75, 3.05) is 0 Å². The van der Waals surface area contributed by atoms with Crippen molar-refractivity contribution < 1.29 is 39.0 Å². The molecule has 6 heteroatoms. The van der Waals surface area contributed by atoms with Crippen LogP contribution in [-0.4, -0.2) is 15.9 Å². The number of aliphatic hydroxyl groups is 1. The monoisotopic (exact) mass is 880 g/mol. The Labute approximate surface area is 326 Å². The van der Waals surface area contributed by atoms with Crippen molar-refractivity contribution in [2.45, 2.75) is 114 Å². The molecule has 0 saturated heterocycles. The van der Waals surface area contributed by atoms with Crippen molar-refractivity contribution in [3.63, 3.8) is 0 Å². The number of aliphatic hydroxyl groups excluding tert-OH is 1. The number of carbonyl (C=O) groups excluding carboxylic acids is 1. The molecule has 0 fully saturated rings. The fraction of sp³-hybridized carbons (Fsp3) is 0.435. The van der Waals surface area contributed by atoms with E-state index in [0.717, 1.165) is 76.5 Å². The van der Waals surface area contributed by atoms with Crippen LogP contribution in [0.25, 0.3) is 44.1 Å². The molecule has 3 heterocycles. The van der Waals surface area contributed by atoms with Gasteiger partial charge in [0.1, 0.15) is 11.5 Å². The van der Waals surface area contributed by atoms with Gasteiger partial charge in [0.2, 0.25) is 0 Å². The number of nitrogens with zero attached hydrogens (tertiary/aromatic N) is 2. The number of ketones is 1. The maximum Gasteiger partial charge on any atom is 0.164 e. The van der Waals surface area contributed by atoms with Gasteiger partial charge >= 0.3 is 0 Å². The number of furan rings is 1. The molecule has 0 aliphatic carbocycles. The van der Waals surface area contributed by atoms with Crippen LogP contribution >= 0.6 is 0 Å². The van der Waals surface area contributed by atoms with Gasteiger partial charge in [0.15, 0.2) is 11.4 Å². The van der Waals surface area contributed by atoms with Gasteiger partial charge in [-0.15, -0.1) is 29.1 Å². The Morgan fingerprint density at radius 3 is 2.17 bits per heavy atom. The third kappa shape index (κ3) is 9.25. The first-order chi connectivity index (χ1) is 24.0. The van der Waals surface area contributed by atoms with Gasteiger partial charge in [-0.05, 0) is 67.2 Å². The summed E-state index contributed by atoms with van der Waals surface area (Å²) >= 11 is 0. The van der Waals surface area contributed by atoms with E-state index in [1.165, 1.54) is 17.0 Å². The Hall–Kier alpha value is -3.73. The zero-order valence-electron chi connectivity index (χ0n) is 33.2. The second-order valence-electron chi connectivity index (χ2n) is 16.0. The third-order valence-corrected chi connectivity index (χ3v) is 11.0. The SMILES string of the molecule is CCC(C)(CC)C(=O)/C=C(\O)C(C)(CC)CC.[CH2-][n+]1ccc(-c2cnc(CC(C)C)c3occc23)cc1-c1[c-]c2ccccc2c(C(C)(C)C)c1.[Ir]. The van der Waals surface area contributed by atoms with Gasteiger partial charge in [0.05, 0.1) is 18.2 Å². The molecule has 281 valence electrons. The largest absolute Gasteiger partial charge is 0.512 e. The summed E-state index contributed by atoms with van der Waals surface area (Å²) in [4.78, 5) is 17.0. The number of hydrogen-bond acceptors (Lipinski definition) is 4. The predicted octanol–water partition coefficient (Wildman–Crippen LogP) is 12.2. The van der Waals surface area contributed by atoms with Crippen LogP contribution in [0.15, 0.2) is 83.4 Å². The Bertz CT molecular complexity index is 2010. The van der Waals surface area contributed by atoms with E-state index in [9.17, 15) is 9.90 Å². The molecule has 0 spiro atoms. The molecule has 0 saturated carbocycles. The van der Waals surface area contributed by atoms with E-state index in [1.54, 1.807) is 6.26 Å². The van der Waals surface area contributed by atoms with Gasteiger partial charge in [-0.2, -0.15) is 0 Å². The summed E-state index contributed by atoms with van der Waals surface area (Å²) in [7, 11) is 4.27. The molecule has 0 atom stereocenters. The van der Waals surface area contributed by atoms with Gasteiger partial charge in [0.25, 0.3) is 0 Å². The second kappa shape index (κ2) is 17.4. The number of aromatic nitrogens is 2. The quantitative estimate of drug-likeness (QED) is 0.0621. The van der Waals surface area contributed by atoms with Crippen LogP contribution in [0.5, 0.6) is 0 Å². The van der Waals surface area contributed by atoms with E-state index in [0.29, 0.717) is 5.92 Å². The minimum Gasteiger partial charge on any atom is -0.512 e. The third-order valence-electron chi connectivity index (χ3n) is 11.0. The Balaban J connectivity index is 0.000000347. The molecule has 5 aromatic rings. The number of carbonyl (C=O) groups is 1. The van der Waals surface area contributed by atoms with E-state index >= 15 is 0 Å². The molecule has 1 radical (unpaired) electrons. The molecule has 0 aliphatic heterocycles. The van der Waals surface area contributed by atoms with Gasteiger partial charge in [0, 0.05) is 61.2 Å². The maximum atomic E-state index is 12.2. The first-order valence-corrected chi connectivity index (χ1v) is 18.6. The van der Waals surface area contributed by atoms with Gasteiger partial charge in [-0.3, -0.25) is 9.78 Å². The van der Waals surface area contributed by atoms with E-state index in [4.69, 9.17) is 9.40 Å². The van der Waals surface area contributed by atoms with Crippen molar-refractivity contribution in [2.24, 2.45) is 16.7 Å². The first-order valence-electron chi connectivity index (χ1n) is 18.6. The molecule has 0 aliphatic rings. The summed E-state index contributed by atoms with van der Waals surface area (Å²) in [6.07, 6.45) is 11.4. The Morgan fingerprint density at radius 1 is 0.942 bits per heavy atom. The number of fused-ring (bicyclic) bond motifs is 2. The molecule has 2 aromatic carbocycles. The van der Waals surface area contributed by atoms with Gasteiger partial charge < -0.3 is 14.1 Å². The van der Waals surface area contributed by atoms with E-state index in [2.05, 4.69) is 90.2 Å². The standard InChI is InChI=1S/C31H31N2O.C15H28O2.Ir/c1-20(2)15-28-30-25(12-14-34-30)26(19-32-28)22-11-13-33(6)29(18-22)23-16-21-9-7-8-10-24(21)27(17-23)31(3,4)5;1-7-14(5,8-2)12(16)11-13(17)15(6,9-3)10-4;/h7-14,17-20H,6,15H2,1-5H3;11,16H,7-10H2,1-6H3;/q-1;;/b;12-11-;. The van der Waals surface area contributed by atoms with Crippen LogP contribution in [0.1, 0.15) is 113 Å². The average molecular weight is 880 g/mol. The topological polar surface area (TPSA) is 67.2 Å². The smallest absolute Gasteiger partial charge is 0.164 e. The predicted molar refractivity (Wildman–Crippen MR) is 213 cm³/mol. The number of rotatable bonds is 11. The maximum absolute atomic E-state index is 12.2. The van der Waals surface area contributed by atoms with Crippen molar-refractivity contribution in [1.82, 2.24) is 4.98 Å². The summed E-state index contributed by atoms with van der Waals surface area (Å²) in [5, 5.41) is 13.6. The molecule has 0 bridgehead atoms. The van der Waals surface area contributed by atoms with Crippen LogP contribution in [0.3, 0.4) is 0 Å². The average Bonchev–Trinajstić information content (AvgIpc) is 3.61. The van der Waals surface area contributed by atoms with Crippen LogP contribution in [0, 0.1) is 29.9 Å². The minimum absolute atomic E-state index is 0. The fourth-order valence-corrected chi connectivity index (χ4v) is 6.38. The van der Waals surface area contributed by atoms with Crippen LogP contribution in [0.2, 0.25) is 0 Å². The normalized spacial score (nSPS) is 12.5. The molecular formula is C46H59IrN2O3-. The number of hydrogen-bond donors (Lipinski definition) is 1. The van der Waals surface area contributed by atoms with Crippen molar-refractivity contribution in [3.05, 3.63) is 103 Å². The van der Waals surface area contributed by atoms with Crippen LogP contribution in [-0.2, 0) is 36.7 Å². The van der Waals surface area contributed by atoms with Crippen molar-refractivity contribution >= 4 is 27.5 Å². The zero-order chi connectivity index (χ0) is 37.7. The summed E-state index contributed by atoms with van der Waals surface area (Å²) in [5.41, 5.74) is 6.80. The van der Waals surface area contributed by atoms with Gasteiger partial charge in [-0.25, -0.2) is 0 Å². The van der Waals surface area contributed by atoms with Crippen molar-refractivity contribution in [1.29, 1.82) is 0 Å². The number of benzene rings is 2. The van der Waals surface area contributed by atoms with Crippen LogP contribution in [0.4, 0.5) is 0 Å². The zero-order valence-corrected chi connectivity index (χ0v) is 35.6. The molecular weight excluding hydrogens is 821 g/mol. The molecule has 5 nitrogen and oxygen atoms in total. The van der Waals surface area contributed by atoms with Crippen molar-refractivity contribution in [3.8, 4) is 22.4 Å². The minimum atomic E-state index is -0.337. The summed E-state index contributed by atoms with van der Waals surface area (Å²) in [5.74, 6) is 0.800. The van der Waals surface area contributed by atoms with Gasteiger partial charge in [-0.1, -0.05) is 105 Å².